The number of ether oxygens (including phenoxy) is 2. The van der Waals surface area contributed by atoms with Gasteiger partial charge in [-0.3, -0.25) is 0 Å². The molecule has 0 unspecified atom stereocenters. The van der Waals surface area contributed by atoms with E-state index in [2.05, 4.69) is 4.98 Å². The van der Waals surface area contributed by atoms with Gasteiger partial charge in [-0.2, -0.15) is 0 Å². The fraction of sp³-hybridized carbons (Fsp3) is 0.118. The van der Waals surface area contributed by atoms with Gasteiger partial charge in [-0.05, 0) is 34.1 Å². The van der Waals surface area contributed by atoms with E-state index in [1.165, 1.54) is 0 Å². The SMILES string of the molecule is COc1cc2c(Cl)cc(OP(Cl)Cl)nc2cc1OCc1ccccc1. The van der Waals surface area contributed by atoms with Gasteiger partial charge in [0, 0.05) is 17.5 Å². The number of hydrogen-bond donors (Lipinski definition) is 0. The average molecular weight is 417 g/mol. The fourth-order valence-corrected chi connectivity index (χ4v) is 3.20. The number of aromatic nitrogens is 1. The lowest BCUT2D eigenvalue weighted by Gasteiger charge is -2.13. The standard InChI is InChI=1S/C17H13Cl3NO3P/c1-22-15-7-12-13(18)8-17(24-25(19)20)21-14(12)9-16(15)23-10-11-5-3-2-4-6-11/h2-9H,10H2,1H3. The van der Waals surface area contributed by atoms with Gasteiger partial charge in [0.2, 0.25) is 5.88 Å². The number of nitrogens with zero attached hydrogens (tertiary/aromatic N) is 1. The summed E-state index contributed by atoms with van der Waals surface area (Å²) < 4.78 is 16.6. The van der Waals surface area contributed by atoms with Crippen molar-refractivity contribution in [1.29, 1.82) is 0 Å². The van der Waals surface area contributed by atoms with E-state index in [0.29, 0.717) is 34.0 Å². The van der Waals surface area contributed by atoms with Gasteiger partial charge >= 0.3 is 0 Å². The molecule has 0 radical (unpaired) electrons. The van der Waals surface area contributed by atoms with Crippen molar-refractivity contribution in [2.24, 2.45) is 0 Å². The molecule has 0 aliphatic carbocycles. The van der Waals surface area contributed by atoms with Gasteiger partial charge in [-0.25, -0.2) is 4.98 Å². The molecule has 130 valence electrons. The first-order valence-electron chi connectivity index (χ1n) is 7.21. The van der Waals surface area contributed by atoms with Crippen LogP contribution >= 0.6 is 40.9 Å². The molecule has 0 saturated heterocycles. The fourth-order valence-electron chi connectivity index (χ4n) is 2.30. The summed E-state index contributed by atoms with van der Waals surface area (Å²) in [5, 5.41) is 1.17. The van der Waals surface area contributed by atoms with E-state index >= 15 is 0 Å². The van der Waals surface area contributed by atoms with Crippen molar-refractivity contribution < 1.29 is 14.0 Å². The van der Waals surface area contributed by atoms with Crippen LogP contribution in [0.15, 0.2) is 48.5 Å². The molecule has 25 heavy (non-hydrogen) atoms. The Hall–Kier alpha value is -1.45. The smallest absolute Gasteiger partial charge is 0.285 e. The second kappa shape index (κ2) is 8.29. The molecule has 0 amide bonds. The highest BCUT2D eigenvalue weighted by Crippen LogP contribution is 2.48. The van der Waals surface area contributed by atoms with Crippen LogP contribution in [0.2, 0.25) is 5.02 Å². The quantitative estimate of drug-likeness (QED) is 0.427. The van der Waals surface area contributed by atoms with E-state index in [0.717, 1.165) is 5.56 Å². The number of halogens is 3. The molecule has 0 fully saturated rings. The Kier molecular flexibility index (Phi) is 6.08. The van der Waals surface area contributed by atoms with Crippen molar-refractivity contribution in [3.8, 4) is 17.4 Å². The molecule has 3 aromatic rings. The van der Waals surface area contributed by atoms with Crippen molar-refractivity contribution in [3.05, 3.63) is 59.1 Å². The van der Waals surface area contributed by atoms with Gasteiger partial charge in [0.05, 0.1) is 17.6 Å². The number of rotatable bonds is 6. The van der Waals surface area contributed by atoms with Crippen LogP contribution in [0, 0.1) is 0 Å². The van der Waals surface area contributed by atoms with Crippen LogP contribution in [0.25, 0.3) is 10.9 Å². The maximum atomic E-state index is 6.30. The Balaban J connectivity index is 1.96. The van der Waals surface area contributed by atoms with Crippen molar-refractivity contribution >= 4 is 51.8 Å². The van der Waals surface area contributed by atoms with Gasteiger partial charge in [0.1, 0.15) is 6.61 Å². The molecule has 0 atom stereocenters. The van der Waals surface area contributed by atoms with Crippen LogP contribution in [0.5, 0.6) is 17.4 Å². The summed E-state index contributed by atoms with van der Waals surface area (Å²) in [4.78, 5) is 4.37. The predicted octanol–water partition coefficient (Wildman–Crippen LogP) is 6.56. The maximum absolute atomic E-state index is 6.30. The molecule has 0 aliphatic rings. The van der Waals surface area contributed by atoms with Gasteiger partial charge in [-0.15, -0.1) is 0 Å². The minimum atomic E-state index is -1.63. The second-order valence-corrected chi connectivity index (χ2v) is 8.38. The summed E-state index contributed by atoms with van der Waals surface area (Å²) in [7, 11) is 1.57. The summed E-state index contributed by atoms with van der Waals surface area (Å²) >= 11 is 17.7. The van der Waals surface area contributed by atoms with E-state index in [-0.39, 0.29) is 5.88 Å². The zero-order chi connectivity index (χ0) is 17.8. The molecule has 1 heterocycles. The summed E-state index contributed by atoms with van der Waals surface area (Å²) in [6.07, 6.45) is 0. The lowest BCUT2D eigenvalue weighted by Crippen LogP contribution is -1.98. The second-order valence-electron chi connectivity index (χ2n) is 5.03. The normalized spacial score (nSPS) is 10.9. The highest BCUT2D eigenvalue weighted by Gasteiger charge is 2.14. The molecular weight excluding hydrogens is 404 g/mol. The number of fused-ring (bicyclic) bond motifs is 1. The Morgan fingerprint density at radius 2 is 1.80 bits per heavy atom. The minimum absolute atomic E-state index is 0.257. The molecule has 4 nitrogen and oxygen atoms in total. The van der Waals surface area contributed by atoms with E-state index in [9.17, 15) is 0 Å². The van der Waals surface area contributed by atoms with Gasteiger partial charge in [-0.1, -0.05) is 41.9 Å². The molecule has 0 saturated carbocycles. The summed E-state index contributed by atoms with van der Waals surface area (Å²) in [5.41, 5.74) is 1.64. The Bertz CT molecular complexity index is 878. The van der Waals surface area contributed by atoms with Crippen LogP contribution in [0.3, 0.4) is 0 Å². The van der Waals surface area contributed by atoms with Crippen LogP contribution in [-0.4, -0.2) is 12.1 Å². The average Bonchev–Trinajstić information content (AvgIpc) is 2.59. The summed E-state index contributed by atoms with van der Waals surface area (Å²) in [6, 6.07) is 14.9. The molecule has 8 heteroatoms. The highest BCUT2D eigenvalue weighted by molar-refractivity contribution is 8.00. The van der Waals surface area contributed by atoms with Crippen molar-refractivity contribution in [3.63, 3.8) is 0 Å². The van der Waals surface area contributed by atoms with Crippen LogP contribution in [-0.2, 0) is 6.61 Å². The number of pyridine rings is 1. The zero-order valence-electron chi connectivity index (χ0n) is 13.1. The molecule has 0 aliphatic heterocycles. The number of methoxy groups -OCH3 is 1. The van der Waals surface area contributed by atoms with E-state index in [4.69, 9.17) is 48.1 Å². The molecular formula is C17H13Cl3NO3P. The topological polar surface area (TPSA) is 40.6 Å². The van der Waals surface area contributed by atoms with Gasteiger partial charge in [0.15, 0.2) is 11.5 Å². The van der Waals surface area contributed by atoms with Crippen LogP contribution in [0.4, 0.5) is 0 Å². The van der Waals surface area contributed by atoms with Gasteiger partial charge < -0.3 is 14.0 Å². The largest absolute Gasteiger partial charge is 0.493 e. The Morgan fingerprint density at radius 1 is 1.04 bits per heavy atom. The predicted molar refractivity (Wildman–Crippen MR) is 103 cm³/mol. The third kappa shape index (κ3) is 4.59. The number of benzene rings is 2. The first-order valence-corrected chi connectivity index (χ1v) is 10.7. The Morgan fingerprint density at radius 3 is 2.48 bits per heavy atom. The van der Waals surface area contributed by atoms with Crippen molar-refractivity contribution in [2.75, 3.05) is 7.11 Å². The monoisotopic (exact) mass is 415 g/mol. The molecule has 0 N–H and O–H groups in total. The molecule has 0 bridgehead atoms. The first-order chi connectivity index (χ1) is 12.1. The van der Waals surface area contributed by atoms with Gasteiger partial charge in [0.25, 0.3) is 6.85 Å². The summed E-state index contributed by atoms with van der Waals surface area (Å²) in [5.74, 6) is 1.38. The molecule has 3 rings (SSSR count). The van der Waals surface area contributed by atoms with E-state index in [1.54, 1.807) is 25.3 Å². The van der Waals surface area contributed by atoms with E-state index < -0.39 is 6.85 Å². The third-order valence-electron chi connectivity index (χ3n) is 3.42. The maximum Gasteiger partial charge on any atom is 0.285 e. The van der Waals surface area contributed by atoms with Crippen molar-refractivity contribution in [2.45, 2.75) is 6.61 Å². The van der Waals surface area contributed by atoms with Crippen LogP contribution < -0.4 is 14.0 Å². The highest BCUT2D eigenvalue weighted by atomic mass is 35.9. The lowest BCUT2D eigenvalue weighted by molar-refractivity contribution is 0.285. The Labute approximate surface area is 161 Å². The summed E-state index contributed by atoms with van der Waals surface area (Å²) in [6.45, 7) is -1.23. The zero-order valence-corrected chi connectivity index (χ0v) is 16.2. The lowest BCUT2D eigenvalue weighted by atomic mass is 10.2. The molecule has 1 aromatic heterocycles. The number of hydrogen-bond acceptors (Lipinski definition) is 4. The molecule has 2 aromatic carbocycles. The molecule has 0 spiro atoms. The van der Waals surface area contributed by atoms with E-state index in [1.807, 2.05) is 30.3 Å². The first kappa shape index (κ1) is 18.3. The minimum Gasteiger partial charge on any atom is -0.493 e. The van der Waals surface area contributed by atoms with Crippen LogP contribution in [0.1, 0.15) is 5.56 Å². The third-order valence-corrected chi connectivity index (χ3v) is 4.47. The van der Waals surface area contributed by atoms with Crippen molar-refractivity contribution in [1.82, 2.24) is 4.98 Å².